The van der Waals surface area contributed by atoms with Crippen LogP contribution in [-0.4, -0.2) is 37.2 Å². The van der Waals surface area contributed by atoms with Gasteiger partial charge >= 0.3 is 6.09 Å². The van der Waals surface area contributed by atoms with Gasteiger partial charge in [-0.1, -0.05) is 0 Å². The Morgan fingerprint density at radius 1 is 1.78 bits per heavy atom. The van der Waals surface area contributed by atoms with Crippen molar-refractivity contribution >= 4 is 6.09 Å². The summed E-state index contributed by atoms with van der Waals surface area (Å²) in [5.41, 5.74) is 4.77. The van der Waals surface area contributed by atoms with E-state index in [1.165, 1.54) is 0 Å². The van der Waals surface area contributed by atoms with E-state index in [1.54, 1.807) is 0 Å². The number of nitrogens with two attached hydrogens (primary N) is 1. The normalized spacial score (nSPS) is 21.0. The topological polar surface area (TPSA) is 55.6 Å². The molecule has 1 fully saturated rings. The minimum atomic E-state index is -0.673. The lowest BCUT2D eigenvalue weighted by Crippen LogP contribution is -2.51. The molecule has 0 spiro atoms. The molecule has 4 nitrogen and oxygen atoms in total. The first-order chi connectivity index (χ1) is 4.18. The zero-order chi connectivity index (χ0) is 6.85. The highest BCUT2D eigenvalue weighted by molar-refractivity contribution is 5.64. The Hall–Kier alpha value is -0.770. The van der Waals surface area contributed by atoms with Gasteiger partial charge in [0.05, 0.1) is 0 Å². The third-order valence-corrected chi connectivity index (χ3v) is 1.31. The Balaban J connectivity index is 2.11. The van der Waals surface area contributed by atoms with Gasteiger partial charge in [0.15, 0.2) is 0 Å². The van der Waals surface area contributed by atoms with E-state index in [-0.39, 0.29) is 6.10 Å². The molecule has 0 radical (unpaired) electrons. The molecular weight excluding hydrogens is 120 g/mol. The predicted molar refractivity (Wildman–Crippen MR) is 32.0 cm³/mol. The molecule has 0 bridgehead atoms. The Labute approximate surface area is 53.6 Å². The monoisotopic (exact) mass is 130 g/mol. The number of hydrogen-bond donors (Lipinski definition) is 1. The molecule has 52 valence electrons. The smallest absolute Gasteiger partial charge is 0.404 e. The van der Waals surface area contributed by atoms with Gasteiger partial charge in [-0.15, -0.1) is 0 Å². The maximum Gasteiger partial charge on any atom is 0.404 e. The van der Waals surface area contributed by atoms with Gasteiger partial charge in [-0.05, 0) is 7.05 Å². The highest BCUT2D eigenvalue weighted by atomic mass is 16.6. The first-order valence-corrected chi connectivity index (χ1v) is 2.83. The second-order valence-electron chi connectivity index (χ2n) is 2.28. The number of primary amides is 1. The van der Waals surface area contributed by atoms with E-state index in [4.69, 9.17) is 5.73 Å². The summed E-state index contributed by atoms with van der Waals surface area (Å²) in [7, 11) is 1.96. The molecular formula is C5H10N2O2. The number of carbonyl (C=O) groups is 1. The van der Waals surface area contributed by atoms with Gasteiger partial charge in [0.25, 0.3) is 0 Å². The van der Waals surface area contributed by atoms with Crippen molar-refractivity contribution in [3.05, 3.63) is 0 Å². The number of hydrogen-bond acceptors (Lipinski definition) is 3. The predicted octanol–water partition coefficient (Wildman–Crippen LogP) is -0.604. The summed E-state index contributed by atoms with van der Waals surface area (Å²) in [4.78, 5) is 12.1. The van der Waals surface area contributed by atoms with Gasteiger partial charge in [-0.3, -0.25) is 4.90 Å². The molecule has 4 heteroatoms. The van der Waals surface area contributed by atoms with Crippen LogP contribution in [0.25, 0.3) is 0 Å². The van der Waals surface area contributed by atoms with Crippen LogP contribution >= 0.6 is 0 Å². The van der Waals surface area contributed by atoms with Crippen molar-refractivity contribution in [3.63, 3.8) is 0 Å². The molecule has 0 saturated carbocycles. The number of likely N-dealkylation sites (tertiary alicyclic amines) is 1. The second kappa shape index (κ2) is 2.23. The number of nitrogens with zero attached hydrogens (tertiary/aromatic N) is 1. The number of carbonyl (C=O) groups excluding carboxylic acids is 1. The molecule has 1 rings (SSSR count). The Morgan fingerprint density at radius 3 is 2.67 bits per heavy atom. The second-order valence-corrected chi connectivity index (χ2v) is 2.28. The Kier molecular flexibility index (Phi) is 1.57. The van der Waals surface area contributed by atoms with E-state index in [2.05, 4.69) is 4.74 Å². The van der Waals surface area contributed by atoms with Gasteiger partial charge < -0.3 is 10.5 Å². The molecule has 0 aliphatic carbocycles. The van der Waals surface area contributed by atoms with E-state index in [0.29, 0.717) is 0 Å². The highest BCUT2D eigenvalue weighted by Crippen LogP contribution is 2.07. The largest absolute Gasteiger partial charge is 0.444 e. The molecule has 0 aromatic carbocycles. The van der Waals surface area contributed by atoms with Crippen molar-refractivity contribution in [2.45, 2.75) is 6.10 Å². The van der Waals surface area contributed by atoms with Crippen LogP contribution in [0.15, 0.2) is 0 Å². The maximum absolute atomic E-state index is 10.1. The number of likely N-dealkylation sites (N-methyl/N-ethyl adjacent to an activating group) is 1. The molecule has 1 saturated heterocycles. The molecule has 0 unspecified atom stereocenters. The first-order valence-electron chi connectivity index (χ1n) is 2.83. The first kappa shape index (κ1) is 6.35. The third-order valence-electron chi connectivity index (χ3n) is 1.31. The van der Waals surface area contributed by atoms with Crippen LogP contribution in [0.3, 0.4) is 0 Å². The van der Waals surface area contributed by atoms with Crippen LogP contribution < -0.4 is 5.73 Å². The van der Waals surface area contributed by atoms with Crippen LogP contribution in [0.4, 0.5) is 4.79 Å². The van der Waals surface area contributed by atoms with Crippen molar-refractivity contribution in [1.29, 1.82) is 0 Å². The Morgan fingerprint density at radius 2 is 2.33 bits per heavy atom. The van der Waals surface area contributed by atoms with Gasteiger partial charge in [-0.25, -0.2) is 4.79 Å². The third kappa shape index (κ3) is 1.57. The number of amides is 1. The average molecular weight is 130 g/mol. The molecule has 1 amide bonds. The summed E-state index contributed by atoms with van der Waals surface area (Å²) in [5.74, 6) is 0. The van der Waals surface area contributed by atoms with Crippen LogP contribution in [0.2, 0.25) is 0 Å². The quantitative estimate of drug-likeness (QED) is 0.515. The van der Waals surface area contributed by atoms with Crippen LogP contribution in [0.5, 0.6) is 0 Å². The van der Waals surface area contributed by atoms with Crippen molar-refractivity contribution in [2.75, 3.05) is 20.1 Å². The lowest BCUT2D eigenvalue weighted by molar-refractivity contribution is 0.00476. The molecule has 0 aromatic rings. The molecule has 0 aromatic heterocycles. The lowest BCUT2D eigenvalue weighted by Gasteiger charge is -2.34. The minimum Gasteiger partial charge on any atom is -0.444 e. The fourth-order valence-electron chi connectivity index (χ4n) is 0.881. The summed E-state index contributed by atoms with van der Waals surface area (Å²) < 4.78 is 4.65. The van der Waals surface area contributed by atoms with Gasteiger partial charge in [0.2, 0.25) is 0 Å². The summed E-state index contributed by atoms with van der Waals surface area (Å²) in [6, 6.07) is 0. The molecule has 1 aliphatic rings. The Bertz CT molecular complexity index is 120. The van der Waals surface area contributed by atoms with Crippen molar-refractivity contribution in [2.24, 2.45) is 5.73 Å². The van der Waals surface area contributed by atoms with E-state index in [9.17, 15) is 4.79 Å². The zero-order valence-corrected chi connectivity index (χ0v) is 5.33. The fourth-order valence-corrected chi connectivity index (χ4v) is 0.881. The van der Waals surface area contributed by atoms with Gasteiger partial charge in [0.1, 0.15) is 6.10 Å². The van der Waals surface area contributed by atoms with Crippen LogP contribution in [0, 0.1) is 0 Å². The van der Waals surface area contributed by atoms with Gasteiger partial charge in [-0.2, -0.15) is 0 Å². The van der Waals surface area contributed by atoms with Crippen molar-refractivity contribution in [1.82, 2.24) is 4.90 Å². The van der Waals surface area contributed by atoms with E-state index >= 15 is 0 Å². The highest BCUT2D eigenvalue weighted by Gasteiger charge is 2.25. The summed E-state index contributed by atoms with van der Waals surface area (Å²) in [6.45, 7) is 1.62. The summed E-state index contributed by atoms with van der Waals surface area (Å²) >= 11 is 0. The van der Waals surface area contributed by atoms with Crippen LogP contribution in [0.1, 0.15) is 0 Å². The fraction of sp³-hybridized carbons (Fsp3) is 0.800. The van der Waals surface area contributed by atoms with E-state index in [0.717, 1.165) is 13.1 Å². The molecule has 2 N–H and O–H groups in total. The molecule has 1 aliphatic heterocycles. The standard InChI is InChI=1S/C5H10N2O2/c1-7-2-4(3-7)9-5(6)8/h4H,2-3H2,1H3,(H2,6,8). The lowest BCUT2D eigenvalue weighted by atomic mass is 10.2. The van der Waals surface area contributed by atoms with E-state index < -0.39 is 6.09 Å². The zero-order valence-electron chi connectivity index (χ0n) is 5.33. The minimum absolute atomic E-state index is 0.0347. The van der Waals surface area contributed by atoms with Crippen LogP contribution in [-0.2, 0) is 4.74 Å². The maximum atomic E-state index is 10.1. The van der Waals surface area contributed by atoms with E-state index in [1.807, 2.05) is 11.9 Å². The molecule has 9 heavy (non-hydrogen) atoms. The van der Waals surface area contributed by atoms with Gasteiger partial charge in [0, 0.05) is 13.1 Å². The van der Waals surface area contributed by atoms with Crippen molar-refractivity contribution < 1.29 is 9.53 Å². The molecule has 0 atom stereocenters. The summed E-state index contributed by atoms with van der Waals surface area (Å²) in [5, 5.41) is 0. The SMILES string of the molecule is CN1CC(OC(N)=O)C1. The van der Waals surface area contributed by atoms with Crippen molar-refractivity contribution in [3.8, 4) is 0 Å². The molecule has 1 heterocycles. The summed E-state index contributed by atoms with van der Waals surface area (Å²) in [6.07, 6.45) is -0.638. The average Bonchev–Trinajstić information content (AvgIpc) is 1.60. The number of rotatable bonds is 1. The number of ether oxygens (including phenoxy) is 1.